The average molecular weight is 345 g/mol. The minimum Gasteiger partial charge on any atom is -0.388 e. The summed E-state index contributed by atoms with van der Waals surface area (Å²) in [7, 11) is 0. The van der Waals surface area contributed by atoms with Gasteiger partial charge in [-0.05, 0) is 11.6 Å². The lowest BCUT2D eigenvalue weighted by molar-refractivity contribution is -0.276. The highest BCUT2D eigenvalue weighted by atomic mass is 79.9. The summed E-state index contributed by atoms with van der Waals surface area (Å²) in [5.74, 6) is -1.02. The van der Waals surface area contributed by atoms with E-state index in [1.807, 2.05) is 0 Å². The van der Waals surface area contributed by atoms with Crippen LogP contribution in [0.15, 0.2) is 6.07 Å². The molecule has 0 saturated carbocycles. The number of ether oxygens (including phenoxy) is 1. The van der Waals surface area contributed by atoms with Crippen molar-refractivity contribution in [2.24, 2.45) is 0 Å². The lowest BCUT2D eigenvalue weighted by Gasteiger charge is -2.14. The van der Waals surface area contributed by atoms with Crippen molar-refractivity contribution in [2.45, 2.75) is 24.5 Å². The highest BCUT2D eigenvalue weighted by molar-refractivity contribution is 9.08. The van der Waals surface area contributed by atoms with E-state index < -0.39 is 30.8 Å². The SMILES string of the molecule is N#CCc1cc(CBr)c(C(F)F)nc1OC(F)(F)F. The minimum atomic E-state index is -5.06. The second-order valence-electron chi connectivity index (χ2n) is 3.31. The van der Waals surface area contributed by atoms with Gasteiger partial charge in [0.1, 0.15) is 5.69 Å². The topological polar surface area (TPSA) is 45.9 Å². The number of hydrogen-bond acceptors (Lipinski definition) is 3. The molecule has 0 saturated heterocycles. The number of halogens is 6. The molecule has 0 fully saturated rings. The van der Waals surface area contributed by atoms with E-state index in [0.717, 1.165) is 6.07 Å². The molecule has 1 rings (SSSR count). The number of aromatic nitrogens is 1. The van der Waals surface area contributed by atoms with Gasteiger partial charge >= 0.3 is 6.36 Å². The van der Waals surface area contributed by atoms with Gasteiger partial charge in [0.15, 0.2) is 0 Å². The Balaban J connectivity index is 3.33. The molecule has 0 aliphatic carbocycles. The van der Waals surface area contributed by atoms with Gasteiger partial charge in [0, 0.05) is 10.9 Å². The van der Waals surface area contributed by atoms with Crippen LogP contribution in [-0.2, 0) is 11.8 Å². The highest BCUT2D eigenvalue weighted by Gasteiger charge is 2.33. The Bertz CT molecular complexity index is 498. The van der Waals surface area contributed by atoms with Crippen LogP contribution < -0.4 is 4.74 Å². The molecule has 1 heterocycles. The lowest BCUT2D eigenvalue weighted by atomic mass is 10.1. The molecule has 0 aliphatic heterocycles. The molecule has 1 aromatic heterocycles. The summed E-state index contributed by atoms with van der Waals surface area (Å²) < 4.78 is 65.3. The Hall–Kier alpha value is -1.43. The first-order valence-electron chi connectivity index (χ1n) is 4.78. The Labute approximate surface area is 113 Å². The zero-order valence-electron chi connectivity index (χ0n) is 9.14. The first-order valence-corrected chi connectivity index (χ1v) is 5.90. The lowest BCUT2D eigenvalue weighted by Crippen LogP contribution is -2.20. The quantitative estimate of drug-likeness (QED) is 0.615. The van der Waals surface area contributed by atoms with Crippen molar-refractivity contribution in [3.63, 3.8) is 0 Å². The number of nitriles is 1. The van der Waals surface area contributed by atoms with Crippen LogP contribution >= 0.6 is 15.9 Å². The zero-order chi connectivity index (χ0) is 14.6. The number of nitrogens with zero attached hydrogens (tertiary/aromatic N) is 2. The second kappa shape index (κ2) is 6.14. The van der Waals surface area contributed by atoms with Gasteiger partial charge in [0.25, 0.3) is 6.43 Å². The molecule has 0 N–H and O–H groups in total. The fraction of sp³-hybridized carbons (Fsp3) is 0.400. The highest BCUT2D eigenvalue weighted by Crippen LogP contribution is 2.31. The maximum absolute atomic E-state index is 12.7. The molecule has 9 heteroatoms. The molecule has 0 aliphatic rings. The smallest absolute Gasteiger partial charge is 0.388 e. The van der Waals surface area contributed by atoms with Crippen LogP contribution in [0.3, 0.4) is 0 Å². The third-order valence-corrected chi connectivity index (χ3v) is 2.61. The van der Waals surface area contributed by atoms with Gasteiger partial charge < -0.3 is 4.74 Å². The van der Waals surface area contributed by atoms with Crippen molar-refractivity contribution in [3.05, 3.63) is 22.9 Å². The van der Waals surface area contributed by atoms with E-state index in [1.165, 1.54) is 0 Å². The summed E-state index contributed by atoms with van der Waals surface area (Å²) >= 11 is 2.93. The Morgan fingerprint density at radius 1 is 1.37 bits per heavy atom. The average Bonchev–Trinajstić information content (AvgIpc) is 2.28. The molecule has 1 aromatic rings. The first kappa shape index (κ1) is 15.6. The second-order valence-corrected chi connectivity index (χ2v) is 3.87. The molecule has 3 nitrogen and oxygen atoms in total. The molecule has 0 aromatic carbocycles. The maximum atomic E-state index is 12.7. The van der Waals surface area contributed by atoms with Crippen LogP contribution in [0.25, 0.3) is 0 Å². The van der Waals surface area contributed by atoms with Crippen molar-refractivity contribution < 1.29 is 26.7 Å². The van der Waals surface area contributed by atoms with Crippen molar-refractivity contribution >= 4 is 15.9 Å². The fourth-order valence-electron chi connectivity index (χ4n) is 1.30. The summed E-state index contributed by atoms with van der Waals surface area (Å²) in [5.41, 5.74) is -0.994. The predicted octanol–water partition coefficient (Wildman–Crippen LogP) is 3.88. The van der Waals surface area contributed by atoms with E-state index >= 15 is 0 Å². The Morgan fingerprint density at radius 3 is 2.42 bits per heavy atom. The normalized spacial score (nSPS) is 11.5. The standard InChI is InChI=1S/C10H6BrF5N2O/c11-4-6-3-5(1-2-17)9(19-10(14,15)16)18-7(6)8(12)13/h3,8H,1,4H2. The maximum Gasteiger partial charge on any atom is 0.574 e. The van der Waals surface area contributed by atoms with Crippen LogP contribution in [0.5, 0.6) is 5.88 Å². The third-order valence-electron chi connectivity index (χ3n) is 2.01. The summed E-state index contributed by atoms with van der Waals surface area (Å²) in [6.07, 6.45) is -8.53. The van der Waals surface area contributed by atoms with E-state index in [2.05, 4.69) is 25.7 Å². The summed E-state index contributed by atoms with van der Waals surface area (Å²) in [6.45, 7) is 0. The molecule has 0 atom stereocenters. The van der Waals surface area contributed by atoms with Gasteiger partial charge in [-0.15, -0.1) is 13.2 Å². The van der Waals surface area contributed by atoms with E-state index in [9.17, 15) is 22.0 Å². The van der Waals surface area contributed by atoms with E-state index in [4.69, 9.17) is 5.26 Å². The Morgan fingerprint density at radius 2 is 2.00 bits per heavy atom. The van der Waals surface area contributed by atoms with Gasteiger partial charge in [0.05, 0.1) is 12.5 Å². The van der Waals surface area contributed by atoms with E-state index in [-0.39, 0.29) is 16.5 Å². The molecule has 0 bridgehead atoms. The van der Waals surface area contributed by atoms with Gasteiger partial charge in [0.2, 0.25) is 5.88 Å². The van der Waals surface area contributed by atoms with Gasteiger partial charge in [-0.25, -0.2) is 13.8 Å². The fourth-order valence-corrected chi connectivity index (χ4v) is 1.75. The molecule has 0 amide bonds. The monoisotopic (exact) mass is 344 g/mol. The molecule has 104 valence electrons. The zero-order valence-corrected chi connectivity index (χ0v) is 10.7. The van der Waals surface area contributed by atoms with Crippen molar-refractivity contribution in [3.8, 4) is 11.9 Å². The summed E-state index contributed by atoms with van der Waals surface area (Å²) in [4.78, 5) is 3.17. The van der Waals surface area contributed by atoms with Crippen molar-refractivity contribution in [1.29, 1.82) is 5.26 Å². The van der Waals surface area contributed by atoms with Crippen LogP contribution in [0.4, 0.5) is 22.0 Å². The van der Waals surface area contributed by atoms with E-state index in [0.29, 0.717) is 0 Å². The molecule has 0 unspecified atom stereocenters. The van der Waals surface area contributed by atoms with Crippen LogP contribution in [0, 0.1) is 11.3 Å². The first-order chi connectivity index (χ1) is 8.78. The van der Waals surface area contributed by atoms with Crippen LogP contribution in [0.2, 0.25) is 0 Å². The van der Waals surface area contributed by atoms with Gasteiger partial charge in [-0.2, -0.15) is 5.26 Å². The number of alkyl halides is 6. The predicted molar refractivity (Wildman–Crippen MR) is 57.8 cm³/mol. The number of rotatable bonds is 4. The Kier molecular flexibility index (Phi) is 5.05. The van der Waals surface area contributed by atoms with Crippen molar-refractivity contribution in [2.75, 3.05) is 0 Å². The van der Waals surface area contributed by atoms with Gasteiger partial charge in [-0.3, -0.25) is 0 Å². The summed E-state index contributed by atoms with van der Waals surface area (Å²) in [5, 5.41) is 8.49. The minimum absolute atomic E-state index is 0.00905. The molecular formula is C10H6BrF5N2O. The molecule has 0 spiro atoms. The van der Waals surface area contributed by atoms with Crippen LogP contribution in [0.1, 0.15) is 23.2 Å². The van der Waals surface area contributed by atoms with Crippen LogP contribution in [-0.4, -0.2) is 11.3 Å². The number of pyridine rings is 1. The van der Waals surface area contributed by atoms with Gasteiger partial charge in [-0.1, -0.05) is 15.9 Å². The third kappa shape index (κ3) is 4.31. The molecule has 0 radical (unpaired) electrons. The largest absolute Gasteiger partial charge is 0.574 e. The molecule has 19 heavy (non-hydrogen) atoms. The molecular weight excluding hydrogens is 339 g/mol. The summed E-state index contributed by atoms with van der Waals surface area (Å²) in [6, 6.07) is 2.67. The number of hydrogen-bond donors (Lipinski definition) is 0. The van der Waals surface area contributed by atoms with E-state index in [1.54, 1.807) is 6.07 Å². The van der Waals surface area contributed by atoms with Crippen molar-refractivity contribution in [1.82, 2.24) is 4.98 Å².